The van der Waals surface area contributed by atoms with Crippen LogP contribution in [0.25, 0.3) is 0 Å². The van der Waals surface area contributed by atoms with Crippen LogP contribution in [0.3, 0.4) is 0 Å². The molecule has 2 heterocycles. The summed E-state index contributed by atoms with van der Waals surface area (Å²) in [7, 11) is 0. The van der Waals surface area contributed by atoms with Crippen LogP contribution in [-0.4, -0.2) is 10.9 Å². The standard InChI is InChI=1S/C9H8N2O2S/c12-9(7-2-1-4-13-7)11-6-8-10-3-5-14-8/h1-5H,6H2,(H,11,12). The van der Waals surface area contributed by atoms with Crippen molar-refractivity contribution in [2.45, 2.75) is 6.54 Å². The Bertz CT molecular complexity index is 394. The van der Waals surface area contributed by atoms with Crippen LogP contribution in [0.5, 0.6) is 0 Å². The van der Waals surface area contributed by atoms with Crippen molar-refractivity contribution in [3.8, 4) is 0 Å². The maximum Gasteiger partial charge on any atom is 0.287 e. The van der Waals surface area contributed by atoms with Crippen molar-refractivity contribution in [3.05, 3.63) is 40.7 Å². The van der Waals surface area contributed by atoms with Crippen LogP contribution in [0.4, 0.5) is 0 Å². The van der Waals surface area contributed by atoms with Gasteiger partial charge in [0, 0.05) is 11.6 Å². The Labute approximate surface area is 84.6 Å². The smallest absolute Gasteiger partial charge is 0.287 e. The van der Waals surface area contributed by atoms with Gasteiger partial charge >= 0.3 is 0 Å². The largest absolute Gasteiger partial charge is 0.459 e. The summed E-state index contributed by atoms with van der Waals surface area (Å²) in [6.07, 6.45) is 3.18. The minimum absolute atomic E-state index is 0.217. The summed E-state index contributed by atoms with van der Waals surface area (Å²) in [6.45, 7) is 0.442. The van der Waals surface area contributed by atoms with Crippen LogP contribution in [0, 0.1) is 0 Å². The number of hydrogen-bond donors (Lipinski definition) is 1. The van der Waals surface area contributed by atoms with E-state index >= 15 is 0 Å². The average Bonchev–Trinajstić information content (AvgIpc) is 2.87. The number of aromatic nitrogens is 1. The van der Waals surface area contributed by atoms with Gasteiger partial charge in [0.15, 0.2) is 5.76 Å². The third-order valence-electron chi connectivity index (χ3n) is 1.63. The van der Waals surface area contributed by atoms with Crippen LogP contribution >= 0.6 is 11.3 Å². The van der Waals surface area contributed by atoms with Crippen LogP contribution in [0.15, 0.2) is 34.4 Å². The summed E-state index contributed by atoms with van der Waals surface area (Å²) < 4.78 is 4.94. The second-order valence-electron chi connectivity index (χ2n) is 2.59. The fourth-order valence-corrected chi connectivity index (χ4v) is 1.55. The van der Waals surface area contributed by atoms with Gasteiger partial charge in [-0.25, -0.2) is 4.98 Å². The molecule has 0 aliphatic heterocycles. The second kappa shape index (κ2) is 4.06. The Hall–Kier alpha value is -1.62. The van der Waals surface area contributed by atoms with E-state index in [9.17, 15) is 4.79 Å². The molecule has 1 N–H and O–H groups in total. The second-order valence-corrected chi connectivity index (χ2v) is 3.56. The number of nitrogens with one attached hydrogen (secondary N) is 1. The van der Waals surface area contributed by atoms with Crippen molar-refractivity contribution in [3.63, 3.8) is 0 Å². The number of rotatable bonds is 3. The molecule has 0 unspecified atom stereocenters. The van der Waals surface area contributed by atoms with Gasteiger partial charge in [0.2, 0.25) is 0 Å². The summed E-state index contributed by atoms with van der Waals surface area (Å²) in [5, 5.41) is 5.45. The molecular weight excluding hydrogens is 200 g/mol. The molecule has 0 fully saturated rings. The fraction of sp³-hybridized carbons (Fsp3) is 0.111. The molecule has 1 amide bonds. The monoisotopic (exact) mass is 208 g/mol. The van der Waals surface area contributed by atoms with Crippen molar-refractivity contribution in [2.75, 3.05) is 0 Å². The van der Waals surface area contributed by atoms with Crippen LogP contribution < -0.4 is 5.32 Å². The molecule has 0 aromatic carbocycles. The number of thiazole rings is 1. The molecule has 0 saturated heterocycles. The predicted octanol–water partition coefficient (Wildman–Crippen LogP) is 1.67. The predicted molar refractivity (Wildman–Crippen MR) is 52.0 cm³/mol. The van der Waals surface area contributed by atoms with Gasteiger partial charge in [-0.3, -0.25) is 4.79 Å². The molecule has 0 spiro atoms. The molecule has 4 nitrogen and oxygen atoms in total. The van der Waals surface area contributed by atoms with Gasteiger partial charge < -0.3 is 9.73 Å². The summed E-state index contributed by atoms with van der Waals surface area (Å²) in [6, 6.07) is 3.30. The maximum absolute atomic E-state index is 11.4. The summed E-state index contributed by atoms with van der Waals surface area (Å²) in [5.41, 5.74) is 0. The molecule has 72 valence electrons. The highest BCUT2D eigenvalue weighted by Crippen LogP contribution is 2.04. The summed E-state index contributed by atoms with van der Waals surface area (Å²) in [5.74, 6) is 0.103. The molecule has 5 heteroatoms. The van der Waals surface area contributed by atoms with E-state index in [1.54, 1.807) is 18.3 Å². The van der Waals surface area contributed by atoms with Crippen molar-refractivity contribution in [1.82, 2.24) is 10.3 Å². The highest BCUT2D eigenvalue weighted by Gasteiger charge is 2.07. The zero-order chi connectivity index (χ0) is 9.80. The quantitative estimate of drug-likeness (QED) is 0.834. The Morgan fingerprint density at radius 1 is 1.64 bits per heavy atom. The normalized spacial score (nSPS) is 10.0. The van der Waals surface area contributed by atoms with Crippen LogP contribution in [0.2, 0.25) is 0 Å². The SMILES string of the molecule is O=C(NCc1nccs1)c1ccco1. The van der Waals surface area contributed by atoms with E-state index < -0.39 is 0 Å². The van der Waals surface area contributed by atoms with Gasteiger partial charge in [0.1, 0.15) is 5.01 Å². The van der Waals surface area contributed by atoms with E-state index in [4.69, 9.17) is 4.42 Å². The minimum atomic E-state index is -0.217. The zero-order valence-electron chi connectivity index (χ0n) is 7.27. The molecule has 0 atom stereocenters. The number of nitrogens with zero attached hydrogens (tertiary/aromatic N) is 1. The molecule has 2 rings (SSSR count). The van der Waals surface area contributed by atoms with Crippen LogP contribution in [-0.2, 0) is 6.54 Å². The lowest BCUT2D eigenvalue weighted by atomic mass is 10.4. The maximum atomic E-state index is 11.4. The lowest BCUT2D eigenvalue weighted by Crippen LogP contribution is -2.22. The lowest BCUT2D eigenvalue weighted by Gasteiger charge is -1.98. The summed E-state index contributed by atoms with van der Waals surface area (Å²) >= 11 is 1.51. The molecule has 0 aliphatic rings. The molecule has 0 aliphatic carbocycles. The molecule has 0 saturated carbocycles. The van der Waals surface area contributed by atoms with Crippen molar-refractivity contribution in [1.29, 1.82) is 0 Å². The highest BCUT2D eigenvalue weighted by atomic mass is 32.1. The van der Waals surface area contributed by atoms with E-state index in [1.165, 1.54) is 17.6 Å². The third kappa shape index (κ3) is 2.00. The van der Waals surface area contributed by atoms with E-state index in [0.717, 1.165) is 5.01 Å². The van der Waals surface area contributed by atoms with Gasteiger partial charge in [-0.05, 0) is 12.1 Å². The fourth-order valence-electron chi connectivity index (χ4n) is 0.991. The first kappa shape index (κ1) is 8.96. The van der Waals surface area contributed by atoms with Crippen molar-refractivity contribution < 1.29 is 9.21 Å². The number of carbonyl (C=O) groups is 1. The zero-order valence-corrected chi connectivity index (χ0v) is 8.08. The average molecular weight is 208 g/mol. The van der Waals surface area contributed by atoms with Gasteiger partial charge in [0.05, 0.1) is 12.8 Å². The highest BCUT2D eigenvalue weighted by molar-refractivity contribution is 7.09. The molecule has 14 heavy (non-hydrogen) atoms. The Morgan fingerprint density at radius 2 is 2.57 bits per heavy atom. The topological polar surface area (TPSA) is 55.1 Å². The Morgan fingerprint density at radius 3 is 3.21 bits per heavy atom. The Balaban J connectivity index is 1.90. The number of hydrogen-bond acceptors (Lipinski definition) is 4. The van der Waals surface area contributed by atoms with E-state index in [-0.39, 0.29) is 5.91 Å². The van der Waals surface area contributed by atoms with E-state index in [0.29, 0.717) is 12.3 Å². The number of amides is 1. The first-order valence-electron chi connectivity index (χ1n) is 4.06. The van der Waals surface area contributed by atoms with Gasteiger partial charge in [-0.2, -0.15) is 0 Å². The molecule has 2 aromatic heterocycles. The van der Waals surface area contributed by atoms with Crippen molar-refractivity contribution >= 4 is 17.2 Å². The third-order valence-corrected chi connectivity index (χ3v) is 2.41. The lowest BCUT2D eigenvalue weighted by molar-refractivity contribution is 0.0923. The molecule has 0 radical (unpaired) electrons. The Kier molecular flexibility index (Phi) is 2.60. The van der Waals surface area contributed by atoms with Gasteiger partial charge in [-0.15, -0.1) is 11.3 Å². The molecular formula is C9H8N2O2S. The first-order chi connectivity index (χ1) is 6.86. The summed E-state index contributed by atoms with van der Waals surface area (Å²) in [4.78, 5) is 15.4. The van der Waals surface area contributed by atoms with Gasteiger partial charge in [0.25, 0.3) is 5.91 Å². The first-order valence-corrected chi connectivity index (χ1v) is 4.94. The van der Waals surface area contributed by atoms with E-state index in [1.807, 2.05) is 5.38 Å². The number of carbonyl (C=O) groups excluding carboxylic acids is 1. The van der Waals surface area contributed by atoms with E-state index in [2.05, 4.69) is 10.3 Å². The van der Waals surface area contributed by atoms with Gasteiger partial charge in [-0.1, -0.05) is 0 Å². The number of furan rings is 1. The molecule has 0 bridgehead atoms. The van der Waals surface area contributed by atoms with Crippen molar-refractivity contribution in [2.24, 2.45) is 0 Å². The minimum Gasteiger partial charge on any atom is -0.459 e. The molecule has 2 aromatic rings. The van der Waals surface area contributed by atoms with Crippen LogP contribution in [0.1, 0.15) is 15.6 Å².